The summed E-state index contributed by atoms with van der Waals surface area (Å²) in [5, 5.41) is 8.77. The smallest absolute Gasteiger partial charge is 0.303 e. The van der Waals surface area contributed by atoms with Gasteiger partial charge in [-0.05, 0) is 36.1 Å². The van der Waals surface area contributed by atoms with Crippen molar-refractivity contribution >= 4 is 18.0 Å². The van der Waals surface area contributed by atoms with Crippen molar-refractivity contribution in [1.29, 1.82) is 0 Å². The molecule has 112 valence electrons. The van der Waals surface area contributed by atoms with Gasteiger partial charge in [0.1, 0.15) is 5.75 Å². The Labute approximate surface area is 123 Å². The SMILES string of the molecule is COc1ccc(C=CC(=O)N2CCC(CC(=O)O)C2)cc1. The van der Waals surface area contributed by atoms with Crippen LogP contribution in [-0.4, -0.2) is 42.1 Å². The van der Waals surface area contributed by atoms with Crippen LogP contribution in [0.1, 0.15) is 18.4 Å². The van der Waals surface area contributed by atoms with Crippen LogP contribution in [0.25, 0.3) is 6.08 Å². The lowest BCUT2D eigenvalue weighted by atomic mass is 10.1. The third-order valence-corrected chi connectivity index (χ3v) is 3.59. The standard InChI is InChI=1S/C16H19NO4/c1-21-14-5-2-12(3-6-14)4-7-15(18)17-9-8-13(11-17)10-16(19)20/h2-7,13H,8-11H2,1H3,(H,19,20). The molecule has 1 atom stereocenters. The zero-order valence-corrected chi connectivity index (χ0v) is 12.0. The molecule has 0 saturated carbocycles. The summed E-state index contributed by atoms with van der Waals surface area (Å²) < 4.78 is 5.07. The highest BCUT2D eigenvalue weighted by Gasteiger charge is 2.26. The number of amides is 1. The summed E-state index contributed by atoms with van der Waals surface area (Å²) in [6.45, 7) is 1.15. The van der Waals surface area contributed by atoms with E-state index < -0.39 is 5.97 Å². The summed E-state index contributed by atoms with van der Waals surface area (Å²) in [4.78, 5) is 24.4. The number of hydrogen-bond donors (Lipinski definition) is 1. The second kappa shape index (κ2) is 6.92. The maximum Gasteiger partial charge on any atom is 0.303 e. The fourth-order valence-electron chi connectivity index (χ4n) is 2.43. The van der Waals surface area contributed by atoms with Gasteiger partial charge < -0.3 is 14.7 Å². The van der Waals surface area contributed by atoms with E-state index in [1.54, 1.807) is 18.1 Å². The first-order valence-corrected chi connectivity index (χ1v) is 6.91. The van der Waals surface area contributed by atoms with Crippen LogP contribution < -0.4 is 4.74 Å². The fourth-order valence-corrected chi connectivity index (χ4v) is 2.43. The van der Waals surface area contributed by atoms with Crippen LogP contribution in [0.4, 0.5) is 0 Å². The van der Waals surface area contributed by atoms with E-state index in [4.69, 9.17) is 9.84 Å². The van der Waals surface area contributed by atoms with Gasteiger partial charge in [-0.1, -0.05) is 12.1 Å². The van der Waals surface area contributed by atoms with Gasteiger partial charge in [0.2, 0.25) is 5.91 Å². The second-order valence-corrected chi connectivity index (χ2v) is 5.14. The third kappa shape index (κ3) is 4.34. The van der Waals surface area contributed by atoms with E-state index in [2.05, 4.69) is 0 Å². The van der Waals surface area contributed by atoms with Gasteiger partial charge in [0.15, 0.2) is 0 Å². The maximum atomic E-state index is 12.0. The van der Waals surface area contributed by atoms with Crippen molar-refractivity contribution in [1.82, 2.24) is 4.90 Å². The number of hydrogen-bond acceptors (Lipinski definition) is 3. The molecular formula is C16H19NO4. The molecule has 0 aromatic heterocycles. The first kappa shape index (κ1) is 15.1. The molecule has 1 aromatic carbocycles. The van der Waals surface area contributed by atoms with Crippen molar-refractivity contribution in [3.05, 3.63) is 35.9 Å². The molecule has 1 fully saturated rings. The predicted octanol–water partition coefficient (Wildman–Crippen LogP) is 2.03. The largest absolute Gasteiger partial charge is 0.497 e. The number of ether oxygens (including phenoxy) is 1. The summed E-state index contributed by atoms with van der Waals surface area (Å²) >= 11 is 0. The van der Waals surface area contributed by atoms with Crippen molar-refractivity contribution in [3.63, 3.8) is 0 Å². The number of aliphatic carboxylic acids is 1. The number of likely N-dealkylation sites (tertiary alicyclic amines) is 1. The van der Waals surface area contributed by atoms with Crippen LogP contribution >= 0.6 is 0 Å². The minimum atomic E-state index is -0.803. The highest BCUT2D eigenvalue weighted by molar-refractivity contribution is 5.92. The minimum absolute atomic E-state index is 0.0702. The number of carbonyl (C=O) groups excluding carboxylic acids is 1. The van der Waals surface area contributed by atoms with E-state index in [9.17, 15) is 9.59 Å². The highest BCUT2D eigenvalue weighted by Crippen LogP contribution is 2.20. The Bertz CT molecular complexity index is 536. The number of benzene rings is 1. The Morgan fingerprint density at radius 2 is 2.10 bits per heavy atom. The zero-order chi connectivity index (χ0) is 15.2. The number of methoxy groups -OCH3 is 1. The molecule has 1 saturated heterocycles. The summed E-state index contributed by atoms with van der Waals surface area (Å²) in [5.41, 5.74) is 0.922. The predicted molar refractivity (Wildman–Crippen MR) is 79.0 cm³/mol. The van der Waals surface area contributed by atoms with Crippen LogP contribution in [-0.2, 0) is 9.59 Å². The summed E-state index contributed by atoms with van der Waals surface area (Å²) in [6, 6.07) is 7.42. The van der Waals surface area contributed by atoms with E-state index in [-0.39, 0.29) is 18.2 Å². The van der Waals surface area contributed by atoms with Gasteiger partial charge >= 0.3 is 5.97 Å². The van der Waals surface area contributed by atoms with Gasteiger partial charge in [-0.3, -0.25) is 9.59 Å². The zero-order valence-electron chi connectivity index (χ0n) is 12.0. The van der Waals surface area contributed by atoms with Crippen molar-refractivity contribution in [2.75, 3.05) is 20.2 Å². The summed E-state index contributed by atoms with van der Waals surface area (Å²) in [6.07, 6.45) is 4.18. The van der Waals surface area contributed by atoms with E-state index in [1.807, 2.05) is 24.3 Å². The number of nitrogens with zero attached hydrogens (tertiary/aromatic N) is 1. The monoisotopic (exact) mass is 289 g/mol. The average molecular weight is 289 g/mol. The molecule has 5 nitrogen and oxygen atoms in total. The molecule has 2 rings (SSSR count). The van der Waals surface area contributed by atoms with E-state index in [0.717, 1.165) is 17.7 Å². The summed E-state index contributed by atoms with van der Waals surface area (Å²) in [5.74, 6) is -0.0304. The van der Waals surface area contributed by atoms with Crippen LogP contribution in [0.2, 0.25) is 0 Å². The number of carboxylic acids is 1. The average Bonchev–Trinajstić information content (AvgIpc) is 2.93. The number of carboxylic acid groups (broad SMARTS) is 1. The Hall–Kier alpha value is -2.30. The molecule has 1 aliphatic rings. The Morgan fingerprint density at radius 1 is 1.38 bits per heavy atom. The fraction of sp³-hybridized carbons (Fsp3) is 0.375. The van der Waals surface area contributed by atoms with Crippen molar-refractivity contribution < 1.29 is 19.4 Å². The highest BCUT2D eigenvalue weighted by atomic mass is 16.5. The van der Waals surface area contributed by atoms with Gasteiger partial charge in [-0.25, -0.2) is 0 Å². The van der Waals surface area contributed by atoms with Crippen molar-refractivity contribution in [2.45, 2.75) is 12.8 Å². The molecule has 1 aromatic rings. The second-order valence-electron chi connectivity index (χ2n) is 5.14. The van der Waals surface area contributed by atoms with Crippen LogP contribution in [0, 0.1) is 5.92 Å². The lowest BCUT2D eigenvalue weighted by Gasteiger charge is -2.13. The van der Waals surface area contributed by atoms with E-state index >= 15 is 0 Å². The molecule has 1 amide bonds. The van der Waals surface area contributed by atoms with Gasteiger partial charge in [0.25, 0.3) is 0 Å². The van der Waals surface area contributed by atoms with Gasteiger partial charge in [0, 0.05) is 25.6 Å². The quantitative estimate of drug-likeness (QED) is 0.842. The van der Waals surface area contributed by atoms with Crippen molar-refractivity contribution in [2.24, 2.45) is 5.92 Å². The molecule has 5 heteroatoms. The molecule has 1 heterocycles. The third-order valence-electron chi connectivity index (χ3n) is 3.59. The Kier molecular flexibility index (Phi) is 4.98. The maximum absolute atomic E-state index is 12.0. The van der Waals surface area contributed by atoms with Crippen LogP contribution in [0.5, 0.6) is 5.75 Å². The molecule has 1 N–H and O–H groups in total. The normalized spacial score (nSPS) is 18.1. The first-order valence-electron chi connectivity index (χ1n) is 6.91. The van der Waals surface area contributed by atoms with Gasteiger partial charge in [0.05, 0.1) is 7.11 Å². The lowest BCUT2D eigenvalue weighted by Crippen LogP contribution is -2.27. The molecule has 1 unspecified atom stereocenters. The molecule has 0 radical (unpaired) electrons. The summed E-state index contributed by atoms with van der Waals surface area (Å²) in [7, 11) is 1.61. The Balaban J connectivity index is 1.89. The Morgan fingerprint density at radius 3 is 2.71 bits per heavy atom. The topological polar surface area (TPSA) is 66.8 Å². The lowest BCUT2D eigenvalue weighted by molar-refractivity contribution is -0.138. The first-order chi connectivity index (χ1) is 10.1. The minimum Gasteiger partial charge on any atom is -0.497 e. The molecular weight excluding hydrogens is 270 g/mol. The van der Waals surface area contributed by atoms with E-state index in [1.165, 1.54) is 6.08 Å². The van der Waals surface area contributed by atoms with Gasteiger partial charge in [-0.2, -0.15) is 0 Å². The van der Waals surface area contributed by atoms with Crippen molar-refractivity contribution in [3.8, 4) is 5.75 Å². The molecule has 0 spiro atoms. The van der Waals surface area contributed by atoms with Gasteiger partial charge in [-0.15, -0.1) is 0 Å². The molecule has 21 heavy (non-hydrogen) atoms. The van der Waals surface area contributed by atoms with E-state index in [0.29, 0.717) is 13.1 Å². The molecule has 0 bridgehead atoms. The van der Waals surface area contributed by atoms with Crippen LogP contribution in [0.3, 0.4) is 0 Å². The number of rotatable bonds is 5. The molecule has 1 aliphatic heterocycles. The molecule has 0 aliphatic carbocycles. The van der Waals surface area contributed by atoms with Crippen LogP contribution in [0.15, 0.2) is 30.3 Å². The number of carbonyl (C=O) groups is 2.